The summed E-state index contributed by atoms with van der Waals surface area (Å²) < 4.78 is 10.1. The summed E-state index contributed by atoms with van der Waals surface area (Å²) in [5, 5.41) is 8.48. The summed E-state index contributed by atoms with van der Waals surface area (Å²) in [4.78, 5) is 10.7. The highest BCUT2D eigenvalue weighted by Crippen LogP contribution is 2.13. The number of rotatable bonds is 6. The van der Waals surface area contributed by atoms with E-state index in [-0.39, 0.29) is 13.2 Å². The van der Waals surface area contributed by atoms with Crippen molar-refractivity contribution in [2.45, 2.75) is 25.9 Å². The molecule has 1 atom stereocenters. The molecule has 0 saturated carbocycles. The Labute approximate surface area is 89.9 Å². The van der Waals surface area contributed by atoms with Crippen LogP contribution in [0.3, 0.4) is 0 Å². The molecule has 0 heterocycles. The van der Waals surface area contributed by atoms with Crippen LogP contribution < -0.4 is 0 Å². The second-order valence-electron chi connectivity index (χ2n) is 3.04. The molecule has 0 aromatic heterocycles. The van der Waals surface area contributed by atoms with Crippen LogP contribution in [0.5, 0.6) is 0 Å². The largest absolute Gasteiger partial charge is 0.462 e. The van der Waals surface area contributed by atoms with Gasteiger partial charge in [0.2, 0.25) is 0 Å². The molecule has 0 saturated heterocycles. The van der Waals surface area contributed by atoms with Gasteiger partial charge in [0.1, 0.15) is 18.3 Å². The molecule has 1 unspecified atom stereocenters. The quantitative estimate of drug-likeness (QED) is 0.311. The van der Waals surface area contributed by atoms with Crippen molar-refractivity contribution in [2.75, 3.05) is 13.2 Å². The SMILES string of the molecule is C=CC(=O)OCCOC(C)(C#CO)CC. The molecule has 0 radical (unpaired) electrons. The molecule has 0 rings (SSSR count). The van der Waals surface area contributed by atoms with E-state index in [1.165, 1.54) is 0 Å². The molecule has 4 heteroatoms. The number of esters is 1. The monoisotopic (exact) mass is 212 g/mol. The molecule has 4 nitrogen and oxygen atoms in total. The van der Waals surface area contributed by atoms with Crippen LogP contribution in [0, 0.1) is 12.0 Å². The Morgan fingerprint density at radius 1 is 1.60 bits per heavy atom. The third kappa shape index (κ3) is 5.76. The van der Waals surface area contributed by atoms with E-state index in [9.17, 15) is 4.79 Å². The molecule has 0 aliphatic heterocycles. The summed E-state index contributed by atoms with van der Waals surface area (Å²) in [6, 6.07) is 0. The van der Waals surface area contributed by atoms with Gasteiger partial charge in [-0.15, -0.1) is 0 Å². The Balaban J connectivity index is 3.86. The van der Waals surface area contributed by atoms with E-state index in [4.69, 9.17) is 14.6 Å². The average Bonchev–Trinajstić information content (AvgIpc) is 2.24. The van der Waals surface area contributed by atoms with Crippen LogP contribution in [0.15, 0.2) is 12.7 Å². The van der Waals surface area contributed by atoms with Crippen molar-refractivity contribution in [3.05, 3.63) is 12.7 Å². The van der Waals surface area contributed by atoms with Crippen molar-refractivity contribution in [1.82, 2.24) is 0 Å². The second-order valence-corrected chi connectivity index (χ2v) is 3.04. The van der Waals surface area contributed by atoms with Crippen LogP contribution >= 0.6 is 0 Å². The number of hydrogen-bond donors (Lipinski definition) is 1. The topological polar surface area (TPSA) is 55.8 Å². The van der Waals surface area contributed by atoms with Gasteiger partial charge >= 0.3 is 5.97 Å². The van der Waals surface area contributed by atoms with Gasteiger partial charge in [-0.2, -0.15) is 0 Å². The molecule has 0 fully saturated rings. The smallest absolute Gasteiger partial charge is 0.330 e. The first-order valence-corrected chi connectivity index (χ1v) is 4.67. The third-order valence-corrected chi connectivity index (χ3v) is 1.91. The van der Waals surface area contributed by atoms with Crippen LogP contribution in [0.2, 0.25) is 0 Å². The molecule has 0 spiro atoms. The lowest BCUT2D eigenvalue weighted by molar-refractivity contribution is -0.140. The zero-order chi connectivity index (χ0) is 11.7. The lowest BCUT2D eigenvalue weighted by Gasteiger charge is -2.21. The molecule has 84 valence electrons. The average molecular weight is 212 g/mol. The molecule has 0 aromatic carbocycles. The van der Waals surface area contributed by atoms with Crippen molar-refractivity contribution in [1.29, 1.82) is 0 Å². The summed E-state index contributed by atoms with van der Waals surface area (Å²) in [6.45, 7) is 7.29. The Bertz CT molecular complexity index is 274. The zero-order valence-electron chi connectivity index (χ0n) is 9.08. The Morgan fingerprint density at radius 2 is 2.27 bits per heavy atom. The van der Waals surface area contributed by atoms with Gasteiger partial charge in [0, 0.05) is 6.08 Å². The number of aliphatic hydroxyl groups is 1. The molecule has 0 aliphatic rings. The Hall–Kier alpha value is -1.47. The van der Waals surface area contributed by atoms with E-state index in [2.05, 4.69) is 12.5 Å². The van der Waals surface area contributed by atoms with E-state index in [1.807, 2.05) is 13.0 Å². The van der Waals surface area contributed by atoms with Crippen LogP contribution in [-0.2, 0) is 14.3 Å². The highest BCUT2D eigenvalue weighted by atomic mass is 16.6. The molecule has 0 bridgehead atoms. The fourth-order valence-corrected chi connectivity index (χ4v) is 0.813. The number of hydrogen-bond acceptors (Lipinski definition) is 4. The minimum Gasteiger partial charge on any atom is -0.462 e. The lowest BCUT2D eigenvalue weighted by atomic mass is 10.1. The fourth-order valence-electron chi connectivity index (χ4n) is 0.813. The molecule has 0 amide bonds. The highest BCUT2D eigenvalue weighted by molar-refractivity contribution is 5.81. The number of carbonyl (C=O) groups is 1. The molecule has 1 N–H and O–H groups in total. The zero-order valence-corrected chi connectivity index (χ0v) is 9.08. The third-order valence-electron chi connectivity index (χ3n) is 1.91. The van der Waals surface area contributed by atoms with Crippen LogP contribution in [0.4, 0.5) is 0 Å². The van der Waals surface area contributed by atoms with Crippen LogP contribution in [-0.4, -0.2) is 29.9 Å². The maximum Gasteiger partial charge on any atom is 0.330 e. The van der Waals surface area contributed by atoms with E-state index >= 15 is 0 Å². The maximum atomic E-state index is 10.7. The number of ether oxygens (including phenoxy) is 2. The predicted molar refractivity (Wildman–Crippen MR) is 55.5 cm³/mol. The second kappa shape index (κ2) is 6.91. The molecular weight excluding hydrogens is 196 g/mol. The lowest BCUT2D eigenvalue weighted by Crippen LogP contribution is -2.28. The van der Waals surface area contributed by atoms with Crippen LogP contribution in [0.25, 0.3) is 0 Å². The highest BCUT2D eigenvalue weighted by Gasteiger charge is 2.19. The van der Waals surface area contributed by atoms with Crippen molar-refractivity contribution >= 4 is 5.97 Å². The fraction of sp³-hybridized carbons (Fsp3) is 0.545. The minimum absolute atomic E-state index is 0.146. The number of aliphatic hydroxyl groups excluding tert-OH is 1. The summed E-state index contributed by atoms with van der Waals surface area (Å²) >= 11 is 0. The normalized spacial score (nSPS) is 13.2. The summed E-state index contributed by atoms with van der Waals surface area (Å²) in [7, 11) is 0. The van der Waals surface area contributed by atoms with Crippen LogP contribution in [0.1, 0.15) is 20.3 Å². The summed E-state index contributed by atoms with van der Waals surface area (Å²) in [6.07, 6.45) is 3.55. The molecular formula is C11H16O4. The Kier molecular flexibility index (Phi) is 6.23. The van der Waals surface area contributed by atoms with E-state index in [0.29, 0.717) is 6.42 Å². The van der Waals surface area contributed by atoms with E-state index < -0.39 is 11.6 Å². The predicted octanol–water partition coefficient (Wildman–Crippen LogP) is 1.23. The van der Waals surface area contributed by atoms with Crippen molar-refractivity contribution in [3.8, 4) is 12.0 Å². The van der Waals surface area contributed by atoms with E-state index in [1.54, 1.807) is 6.92 Å². The molecule has 0 aliphatic carbocycles. The first-order valence-electron chi connectivity index (χ1n) is 4.67. The van der Waals surface area contributed by atoms with Crippen molar-refractivity contribution in [3.63, 3.8) is 0 Å². The van der Waals surface area contributed by atoms with Gasteiger partial charge in [-0.05, 0) is 19.3 Å². The van der Waals surface area contributed by atoms with Gasteiger partial charge < -0.3 is 14.6 Å². The van der Waals surface area contributed by atoms with Crippen molar-refractivity contribution in [2.24, 2.45) is 0 Å². The summed E-state index contributed by atoms with van der Waals surface area (Å²) in [5.41, 5.74) is -0.699. The van der Waals surface area contributed by atoms with Gasteiger partial charge in [0.15, 0.2) is 0 Å². The first-order chi connectivity index (χ1) is 7.08. The van der Waals surface area contributed by atoms with Gasteiger partial charge in [0.25, 0.3) is 0 Å². The number of carbonyl (C=O) groups excluding carboxylic acids is 1. The summed E-state index contributed by atoms with van der Waals surface area (Å²) in [5.74, 6) is 2.05. The van der Waals surface area contributed by atoms with Gasteiger partial charge in [0.05, 0.1) is 6.61 Å². The van der Waals surface area contributed by atoms with E-state index in [0.717, 1.165) is 6.08 Å². The Morgan fingerprint density at radius 3 is 2.73 bits per heavy atom. The molecule has 0 aromatic rings. The molecule has 15 heavy (non-hydrogen) atoms. The maximum absolute atomic E-state index is 10.7. The van der Waals surface area contributed by atoms with Gasteiger partial charge in [-0.1, -0.05) is 13.5 Å². The van der Waals surface area contributed by atoms with Crippen molar-refractivity contribution < 1.29 is 19.4 Å². The minimum atomic E-state index is -0.699. The first kappa shape index (κ1) is 13.5. The van der Waals surface area contributed by atoms with Gasteiger partial charge in [-0.3, -0.25) is 0 Å². The standard InChI is InChI=1S/C11H16O4/c1-4-10(13)14-8-9-15-11(3,5-2)6-7-12/h4,12H,1,5,8-9H2,2-3H3. The van der Waals surface area contributed by atoms with Gasteiger partial charge in [-0.25, -0.2) is 4.79 Å².